The summed E-state index contributed by atoms with van der Waals surface area (Å²) in [6.07, 6.45) is 2.80. The van der Waals surface area contributed by atoms with Crippen LogP contribution in [0.4, 0.5) is 5.13 Å². The number of hydrogen-bond donors (Lipinski definition) is 2. The van der Waals surface area contributed by atoms with Crippen LogP contribution in [0.15, 0.2) is 40.3 Å². The van der Waals surface area contributed by atoms with Crippen LogP contribution in [0.5, 0.6) is 0 Å². The molecule has 2 heterocycles. The predicted molar refractivity (Wildman–Crippen MR) is 102 cm³/mol. The number of carbonyl (C=O) groups excluding carboxylic acids is 1. The minimum Gasteiger partial charge on any atom is -0.301 e. The molecule has 2 N–H and O–H groups in total. The Hall–Kier alpha value is -2.19. The summed E-state index contributed by atoms with van der Waals surface area (Å²) in [5, 5.41) is 3.84. The van der Waals surface area contributed by atoms with Crippen molar-refractivity contribution in [1.82, 2.24) is 15.0 Å². The molecule has 0 radical (unpaired) electrons. The van der Waals surface area contributed by atoms with Crippen molar-refractivity contribution in [3.63, 3.8) is 0 Å². The molecular weight excluding hydrogens is 356 g/mol. The van der Waals surface area contributed by atoms with Crippen molar-refractivity contribution in [1.29, 1.82) is 0 Å². The summed E-state index contributed by atoms with van der Waals surface area (Å²) in [6, 6.07) is 9.24. The van der Waals surface area contributed by atoms with Crippen LogP contribution in [0.25, 0.3) is 10.2 Å². The Morgan fingerprint density at radius 2 is 2.16 bits per heavy atom. The SMILES string of the molecule is CCCCc1cc(=O)[nH]c(SCC(=O)Nc2nc3ccccc3s2)n1. The molecule has 0 saturated heterocycles. The Kier molecular flexibility index (Phi) is 5.83. The van der Waals surface area contributed by atoms with Gasteiger partial charge in [0.2, 0.25) is 5.91 Å². The first-order valence-corrected chi connectivity index (χ1v) is 9.82. The van der Waals surface area contributed by atoms with Crippen molar-refractivity contribution in [2.75, 3.05) is 11.1 Å². The molecule has 0 bridgehead atoms. The lowest BCUT2D eigenvalue weighted by Gasteiger charge is -2.04. The van der Waals surface area contributed by atoms with Gasteiger partial charge in [-0.15, -0.1) is 0 Å². The normalized spacial score (nSPS) is 10.9. The number of nitrogens with zero attached hydrogens (tertiary/aromatic N) is 2. The van der Waals surface area contributed by atoms with E-state index in [1.54, 1.807) is 0 Å². The molecule has 0 aliphatic carbocycles. The third-order valence-electron chi connectivity index (χ3n) is 3.44. The summed E-state index contributed by atoms with van der Waals surface area (Å²) in [4.78, 5) is 35.3. The molecule has 0 aliphatic rings. The van der Waals surface area contributed by atoms with Crippen molar-refractivity contribution < 1.29 is 4.79 Å². The minimum absolute atomic E-state index is 0.163. The maximum absolute atomic E-state index is 12.1. The highest BCUT2D eigenvalue weighted by Crippen LogP contribution is 2.25. The molecule has 1 aromatic carbocycles. The molecule has 0 spiro atoms. The van der Waals surface area contributed by atoms with Crippen LogP contribution < -0.4 is 10.9 Å². The van der Waals surface area contributed by atoms with Gasteiger partial charge in [-0.05, 0) is 25.0 Å². The predicted octanol–water partition coefficient (Wildman–Crippen LogP) is 3.45. The van der Waals surface area contributed by atoms with E-state index in [4.69, 9.17) is 0 Å². The van der Waals surface area contributed by atoms with Gasteiger partial charge in [-0.1, -0.05) is 48.6 Å². The molecule has 0 aliphatic heterocycles. The van der Waals surface area contributed by atoms with Crippen molar-refractivity contribution >= 4 is 44.4 Å². The van der Waals surface area contributed by atoms with Gasteiger partial charge in [0, 0.05) is 11.8 Å². The molecule has 0 atom stereocenters. The fourth-order valence-electron chi connectivity index (χ4n) is 2.25. The van der Waals surface area contributed by atoms with Crippen LogP contribution in [0.2, 0.25) is 0 Å². The number of thioether (sulfide) groups is 1. The number of aromatic amines is 1. The highest BCUT2D eigenvalue weighted by molar-refractivity contribution is 7.99. The first kappa shape index (κ1) is 17.6. The lowest BCUT2D eigenvalue weighted by atomic mass is 10.2. The van der Waals surface area contributed by atoms with E-state index in [0.29, 0.717) is 10.3 Å². The van der Waals surface area contributed by atoms with E-state index in [-0.39, 0.29) is 17.2 Å². The van der Waals surface area contributed by atoms with Gasteiger partial charge >= 0.3 is 0 Å². The number of amides is 1. The van der Waals surface area contributed by atoms with E-state index in [0.717, 1.165) is 35.2 Å². The number of hydrogen-bond acceptors (Lipinski definition) is 6. The first-order chi connectivity index (χ1) is 12.1. The standard InChI is InChI=1S/C17H18N4O2S2/c1-2-3-6-11-9-14(22)20-16(18-11)24-10-15(23)21-17-19-12-7-4-5-8-13(12)25-17/h4-5,7-9H,2-3,6,10H2,1H3,(H,18,20,22)(H,19,21,23). The highest BCUT2D eigenvalue weighted by atomic mass is 32.2. The molecule has 0 saturated carbocycles. The van der Waals surface area contributed by atoms with Crippen LogP contribution in [-0.4, -0.2) is 26.6 Å². The maximum Gasteiger partial charge on any atom is 0.251 e. The molecule has 2 aromatic heterocycles. The van der Waals surface area contributed by atoms with Crippen molar-refractivity contribution in [3.05, 3.63) is 46.4 Å². The number of para-hydroxylation sites is 1. The van der Waals surface area contributed by atoms with Gasteiger partial charge in [0.15, 0.2) is 10.3 Å². The van der Waals surface area contributed by atoms with Gasteiger partial charge in [0.1, 0.15) is 0 Å². The number of benzene rings is 1. The molecule has 0 fully saturated rings. The Labute approximate surface area is 153 Å². The van der Waals surface area contributed by atoms with Gasteiger partial charge in [0.05, 0.1) is 16.0 Å². The number of unbranched alkanes of at least 4 members (excludes halogenated alkanes) is 1. The average Bonchev–Trinajstić information content (AvgIpc) is 3.00. The summed E-state index contributed by atoms with van der Waals surface area (Å²) < 4.78 is 1.03. The maximum atomic E-state index is 12.1. The Morgan fingerprint density at radius 1 is 1.32 bits per heavy atom. The molecule has 6 nitrogen and oxygen atoms in total. The van der Waals surface area contributed by atoms with E-state index in [2.05, 4.69) is 27.2 Å². The second kappa shape index (κ2) is 8.26. The number of H-pyrrole nitrogens is 1. The summed E-state index contributed by atoms with van der Waals surface area (Å²) in [6.45, 7) is 2.09. The minimum atomic E-state index is -0.185. The van der Waals surface area contributed by atoms with Crippen LogP contribution in [0.1, 0.15) is 25.5 Å². The molecule has 3 rings (SSSR count). The van der Waals surface area contributed by atoms with E-state index in [1.165, 1.54) is 29.2 Å². The van der Waals surface area contributed by atoms with Crippen LogP contribution in [-0.2, 0) is 11.2 Å². The van der Waals surface area contributed by atoms with Crippen molar-refractivity contribution in [3.8, 4) is 0 Å². The lowest BCUT2D eigenvalue weighted by molar-refractivity contribution is -0.113. The number of nitrogens with one attached hydrogen (secondary N) is 2. The molecule has 25 heavy (non-hydrogen) atoms. The Balaban J connectivity index is 1.60. The Bertz CT molecular complexity index is 903. The van der Waals surface area contributed by atoms with Gasteiger partial charge in [0.25, 0.3) is 5.56 Å². The largest absolute Gasteiger partial charge is 0.301 e. The number of carbonyl (C=O) groups is 1. The van der Waals surface area contributed by atoms with Crippen molar-refractivity contribution in [2.45, 2.75) is 31.3 Å². The van der Waals surface area contributed by atoms with E-state index in [9.17, 15) is 9.59 Å². The van der Waals surface area contributed by atoms with Gasteiger partial charge < -0.3 is 10.3 Å². The third-order valence-corrected chi connectivity index (χ3v) is 5.26. The molecule has 130 valence electrons. The third kappa shape index (κ3) is 4.90. The fraction of sp³-hybridized carbons (Fsp3) is 0.294. The van der Waals surface area contributed by atoms with Crippen LogP contribution in [0, 0.1) is 0 Å². The zero-order chi connectivity index (χ0) is 17.6. The van der Waals surface area contributed by atoms with Gasteiger partial charge in [-0.25, -0.2) is 9.97 Å². The van der Waals surface area contributed by atoms with Gasteiger partial charge in [-0.2, -0.15) is 0 Å². The second-order valence-corrected chi connectivity index (χ2v) is 7.46. The monoisotopic (exact) mass is 374 g/mol. The van der Waals surface area contributed by atoms with Crippen molar-refractivity contribution in [2.24, 2.45) is 0 Å². The molecule has 0 unspecified atom stereocenters. The number of aryl methyl sites for hydroxylation is 1. The zero-order valence-corrected chi connectivity index (χ0v) is 15.4. The summed E-state index contributed by atoms with van der Waals surface area (Å²) in [5.41, 5.74) is 1.44. The second-order valence-electron chi connectivity index (χ2n) is 5.47. The highest BCUT2D eigenvalue weighted by Gasteiger charge is 2.10. The number of thiazole rings is 1. The number of aromatic nitrogens is 3. The quantitative estimate of drug-likeness (QED) is 0.488. The molecule has 8 heteroatoms. The van der Waals surface area contributed by atoms with Crippen LogP contribution in [0.3, 0.4) is 0 Å². The summed E-state index contributed by atoms with van der Waals surface area (Å²) >= 11 is 2.65. The molecular formula is C17H18N4O2S2. The van der Waals surface area contributed by atoms with E-state index in [1.807, 2.05) is 24.3 Å². The number of fused-ring (bicyclic) bond motifs is 1. The summed E-state index contributed by atoms with van der Waals surface area (Å²) in [7, 11) is 0. The fourth-order valence-corrected chi connectivity index (χ4v) is 3.83. The van der Waals surface area contributed by atoms with Gasteiger partial charge in [-0.3, -0.25) is 9.59 Å². The van der Waals surface area contributed by atoms with E-state index >= 15 is 0 Å². The summed E-state index contributed by atoms with van der Waals surface area (Å²) in [5.74, 6) is -0.0125. The lowest BCUT2D eigenvalue weighted by Crippen LogP contribution is -2.15. The zero-order valence-electron chi connectivity index (χ0n) is 13.7. The molecule has 3 aromatic rings. The first-order valence-electron chi connectivity index (χ1n) is 8.02. The smallest absolute Gasteiger partial charge is 0.251 e. The van der Waals surface area contributed by atoms with E-state index < -0.39 is 0 Å². The topological polar surface area (TPSA) is 87.7 Å². The van der Waals surface area contributed by atoms with Crippen LogP contribution >= 0.6 is 23.1 Å². The number of rotatable bonds is 7. The molecule has 1 amide bonds. The average molecular weight is 374 g/mol. The number of anilines is 1. The Morgan fingerprint density at radius 3 is 2.96 bits per heavy atom.